The number of phosphoric ester groups is 1. The smallest absolute Gasteiger partial charge is 0.371 e. The SMILES string of the molecule is CCCCCCCC(=O)OP(=O)(O)O.[Zn]. The van der Waals surface area contributed by atoms with Gasteiger partial charge in [0.25, 0.3) is 0 Å². The van der Waals surface area contributed by atoms with Crippen LogP contribution in [-0.4, -0.2) is 15.8 Å². The van der Waals surface area contributed by atoms with Gasteiger partial charge < -0.3 is 4.52 Å². The topological polar surface area (TPSA) is 83.8 Å². The van der Waals surface area contributed by atoms with Gasteiger partial charge in [-0.2, -0.15) is 0 Å². The van der Waals surface area contributed by atoms with Gasteiger partial charge in [0, 0.05) is 25.9 Å². The van der Waals surface area contributed by atoms with Gasteiger partial charge in [0.05, 0.1) is 0 Å². The molecule has 0 unspecified atom stereocenters. The van der Waals surface area contributed by atoms with Crippen molar-refractivity contribution in [1.29, 1.82) is 0 Å². The van der Waals surface area contributed by atoms with Crippen molar-refractivity contribution in [3.63, 3.8) is 0 Å². The van der Waals surface area contributed by atoms with Crippen molar-refractivity contribution in [3.8, 4) is 0 Å². The summed E-state index contributed by atoms with van der Waals surface area (Å²) >= 11 is 0. The molecule has 7 heteroatoms. The molecule has 0 amide bonds. The molecule has 0 aliphatic heterocycles. The third kappa shape index (κ3) is 14.2. The van der Waals surface area contributed by atoms with Crippen LogP contribution in [-0.2, 0) is 33.4 Å². The van der Waals surface area contributed by atoms with E-state index in [2.05, 4.69) is 11.4 Å². The van der Waals surface area contributed by atoms with E-state index in [-0.39, 0.29) is 25.9 Å². The second-order valence-electron chi connectivity index (χ2n) is 3.12. The summed E-state index contributed by atoms with van der Waals surface area (Å²) < 4.78 is 14.1. The van der Waals surface area contributed by atoms with Gasteiger partial charge in [0.15, 0.2) is 0 Å². The maximum atomic E-state index is 10.8. The predicted molar refractivity (Wildman–Crippen MR) is 51.5 cm³/mol. The average molecular weight is 290 g/mol. The second-order valence-corrected chi connectivity index (χ2v) is 4.28. The van der Waals surface area contributed by atoms with Crippen molar-refractivity contribution >= 4 is 13.8 Å². The Balaban J connectivity index is 0. The van der Waals surface area contributed by atoms with Crippen molar-refractivity contribution in [2.24, 2.45) is 0 Å². The monoisotopic (exact) mass is 288 g/mol. The van der Waals surface area contributed by atoms with Crippen LogP contribution in [0.1, 0.15) is 45.4 Å². The molecule has 0 saturated heterocycles. The standard InChI is InChI=1S/C8H17O5P.Zn/c1-2-3-4-5-6-7-8(9)13-14(10,11)12;/h2-7H2,1H3,(H2,10,11,12);. The summed E-state index contributed by atoms with van der Waals surface area (Å²) in [7, 11) is -4.63. The molecule has 0 aliphatic carbocycles. The fourth-order valence-electron chi connectivity index (χ4n) is 1.05. The molecule has 0 aromatic rings. The third-order valence-electron chi connectivity index (χ3n) is 1.71. The number of hydrogen-bond acceptors (Lipinski definition) is 3. The van der Waals surface area contributed by atoms with Crippen LogP contribution < -0.4 is 0 Å². The molecule has 0 aromatic carbocycles. The molecule has 86 valence electrons. The van der Waals surface area contributed by atoms with E-state index >= 15 is 0 Å². The zero-order chi connectivity index (χ0) is 11.0. The first-order valence-electron chi connectivity index (χ1n) is 4.73. The number of phosphoric acid groups is 1. The summed E-state index contributed by atoms with van der Waals surface area (Å²) in [5.74, 6) is -0.824. The Morgan fingerprint density at radius 2 is 1.73 bits per heavy atom. The molecule has 15 heavy (non-hydrogen) atoms. The van der Waals surface area contributed by atoms with Crippen molar-refractivity contribution in [1.82, 2.24) is 0 Å². The normalized spacial score (nSPS) is 10.6. The fourth-order valence-corrected chi connectivity index (χ4v) is 1.41. The van der Waals surface area contributed by atoms with E-state index in [4.69, 9.17) is 9.79 Å². The van der Waals surface area contributed by atoms with E-state index < -0.39 is 13.8 Å². The first-order valence-corrected chi connectivity index (χ1v) is 6.26. The molecular formula is C8H17O5PZn. The Kier molecular flexibility index (Phi) is 11.1. The van der Waals surface area contributed by atoms with Crippen LogP contribution in [0.3, 0.4) is 0 Å². The van der Waals surface area contributed by atoms with Crippen molar-refractivity contribution in [3.05, 3.63) is 0 Å². The number of unbranched alkanes of at least 4 members (excludes halogenated alkanes) is 4. The van der Waals surface area contributed by atoms with Crippen LogP contribution >= 0.6 is 7.82 Å². The summed E-state index contributed by atoms with van der Waals surface area (Å²) in [6.07, 6.45) is 4.87. The maximum Gasteiger partial charge on any atom is 0.526 e. The second kappa shape index (κ2) is 9.47. The molecule has 0 aromatic heterocycles. The van der Waals surface area contributed by atoms with E-state index in [9.17, 15) is 9.36 Å². The van der Waals surface area contributed by atoms with E-state index in [1.165, 1.54) is 0 Å². The molecule has 2 N–H and O–H groups in total. The molecular weight excluding hydrogens is 272 g/mol. The summed E-state index contributed by atoms with van der Waals surface area (Å²) in [6, 6.07) is 0. The van der Waals surface area contributed by atoms with Gasteiger partial charge in [-0.05, 0) is 6.42 Å². The Morgan fingerprint density at radius 3 is 2.20 bits per heavy atom. The molecule has 0 atom stereocenters. The zero-order valence-corrected chi connectivity index (χ0v) is 12.9. The summed E-state index contributed by atoms with van der Waals surface area (Å²) in [5, 5.41) is 0. The molecule has 5 nitrogen and oxygen atoms in total. The first-order chi connectivity index (χ1) is 6.45. The third-order valence-corrected chi connectivity index (χ3v) is 2.15. The number of carbonyl (C=O) groups is 1. The number of carbonyl (C=O) groups excluding carboxylic acids is 1. The Hall–Kier alpha value is 0.243. The van der Waals surface area contributed by atoms with E-state index in [0.717, 1.165) is 25.7 Å². The van der Waals surface area contributed by atoms with Crippen LogP contribution in [0.2, 0.25) is 0 Å². The summed E-state index contributed by atoms with van der Waals surface area (Å²) in [5.41, 5.74) is 0. The molecule has 0 saturated carbocycles. The predicted octanol–water partition coefficient (Wildman–Crippen LogP) is 1.98. The van der Waals surface area contributed by atoms with Gasteiger partial charge in [0.2, 0.25) is 0 Å². The maximum absolute atomic E-state index is 10.8. The minimum absolute atomic E-state index is 0. The van der Waals surface area contributed by atoms with Crippen LogP contribution in [0.25, 0.3) is 0 Å². The Morgan fingerprint density at radius 1 is 1.20 bits per heavy atom. The van der Waals surface area contributed by atoms with E-state index in [1.807, 2.05) is 0 Å². The molecule has 0 spiro atoms. The van der Waals surface area contributed by atoms with Gasteiger partial charge >= 0.3 is 13.8 Å². The quantitative estimate of drug-likeness (QED) is 0.425. The van der Waals surface area contributed by atoms with Gasteiger partial charge in [-0.1, -0.05) is 32.6 Å². The molecule has 0 bridgehead atoms. The van der Waals surface area contributed by atoms with Crippen LogP contribution in [0.4, 0.5) is 0 Å². The van der Waals surface area contributed by atoms with Gasteiger partial charge in [-0.3, -0.25) is 14.6 Å². The average Bonchev–Trinajstić information content (AvgIpc) is 2.00. The first kappa shape index (κ1) is 17.6. The minimum atomic E-state index is -4.63. The number of hydrogen-bond donors (Lipinski definition) is 2. The van der Waals surface area contributed by atoms with E-state index in [1.54, 1.807) is 0 Å². The van der Waals surface area contributed by atoms with Gasteiger partial charge in [-0.25, -0.2) is 4.57 Å². The van der Waals surface area contributed by atoms with Crippen LogP contribution in [0.5, 0.6) is 0 Å². The van der Waals surface area contributed by atoms with Gasteiger partial charge in [0.1, 0.15) is 0 Å². The van der Waals surface area contributed by atoms with Crippen LogP contribution in [0.15, 0.2) is 0 Å². The van der Waals surface area contributed by atoms with Crippen molar-refractivity contribution in [2.75, 3.05) is 0 Å². The molecule has 0 fully saturated rings. The fraction of sp³-hybridized carbons (Fsp3) is 0.875. The number of rotatable bonds is 7. The van der Waals surface area contributed by atoms with Crippen LogP contribution in [0, 0.1) is 0 Å². The molecule has 0 rings (SSSR count). The Bertz CT molecular complexity index is 215. The largest absolute Gasteiger partial charge is 0.526 e. The summed E-state index contributed by atoms with van der Waals surface area (Å²) in [4.78, 5) is 27.4. The van der Waals surface area contributed by atoms with Crippen molar-refractivity contribution < 1.29 is 43.1 Å². The molecule has 0 radical (unpaired) electrons. The van der Waals surface area contributed by atoms with Crippen molar-refractivity contribution in [2.45, 2.75) is 45.4 Å². The minimum Gasteiger partial charge on any atom is -0.371 e. The molecule has 0 aliphatic rings. The molecule has 0 heterocycles. The zero-order valence-electron chi connectivity index (χ0n) is 9.02. The van der Waals surface area contributed by atoms with E-state index in [0.29, 0.717) is 6.42 Å². The Labute approximate surface area is 103 Å². The summed E-state index contributed by atoms with van der Waals surface area (Å²) in [6.45, 7) is 2.09. The van der Waals surface area contributed by atoms with Gasteiger partial charge in [-0.15, -0.1) is 0 Å².